The molecule has 1 saturated heterocycles. The van der Waals surface area contributed by atoms with Crippen molar-refractivity contribution >= 4 is 5.91 Å². The molecule has 0 aliphatic carbocycles. The summed E-state index contributed by atoms with van der Waals surface area (Å²) in [5, 5.41) is 0. The minimum Gasteiger partial charge on any atom is -0.339 e. The minimum absolute atomic E-state index is 0.0838. The fourth-order valence-electron chi connectivity index (χ4n) is 4.58. The van der Waals surface area contributed by atoms with E-state index in [2.05, 4.69) is 49.2 Å². The SMILES string of the molecule is Cc1ccc(CN)cc1C1CCN(C(=O)c2cncc(C(C)c3ccccc3)c2)CC1. The van der Waals surface area contributed by atoms with E-state index in [9.17, 15) is 4.79 Å². The van der Waals surface area contributed by atoms with Crippen LogP contribution in [0.5, 0.6) is 0 Å². The number of likely N-dealkylation sites (tertiary alicyclic amines) is 1. The van der Waals surface area contributed by atoms with Gasteiger partial charge in [0.1, 0.15) is 0 Å². The molecule has 0 spiro atoms. The lowest BCUT2D eigenvalue weighted by molar-refractivity contribution is 0.0712. The number of nitrogens with zero attached hydrogens (tertiary/aromatic N) is 2. The Balaban J connectivity index is 1.45. The van der Waals surface area contributed by atoms with Crippen molar-refractivity contribution in [1.29, 1.82) is 0 Å². The molecule has 1 atom stereocenters. The molecule has 1 amide bonds. The van der Waals surface area contributed by atoms with E-state index in [1.165, 1.54) is 22.3 Å². The van der Waals surface area contributed by atoms with Gasteiger partial charge in [0.05, 0.1) is 5.56 Å². The van der Waals surface area contributed by atoms with E-state index in [1.54, 1.807) is 6.20 Å². The number of rotatable bonds is 5. The Morgan fingerprint density at radius 1 is 1.06 bits per heavy atom. The van der Waals surface area contributed by atoms with Gasteiger partial charge in [-0.3, -0.25) is 9.78 Å². The van der Waals surface area contributed by atoms with Gasteiger partial charge in [0.25, 0.3) is 5.91 Å². The third-order valence-electron chi connectivity index (χ3n) is 6.61. The highest BCUT2D eigenvalue weighted by atomic mass is 16.2. The van der Waals surface area contributed by atoms with E-state index in [-0.39, 0.29) is 11.8 Å². The lowest BCUT2D eigenvalue weighted by Crippen LogP contribution is -2.38. The molecule has 3 aromatic rings. The Hall–Kier alpha value is -2.98. The Morgan fingerprint density at radius 3 is 2.52 bits per heavy atom. The van der Waals surface area contributed by atoms with Crippen LogP contribution >= 0.6 is 0 Å². The van der Waals surface area contributed by atoms with Crippen molar-refractivity contribution in [2.45, 2.75) is 45.1 Å². The Morgan fingerprint density at radius 2 is 1.81 bits per heavy atom. The van der Waals surface area contributed by atoms with Crippen molar-refractivity contribution < 1.29 is 4.79 Å². The average molecular weight is 414 g/mol. The summed E-state index contributed by atoms with van der Waals surface area (Å²) < 4.78 is 0. The van der Waals surface area contributed by atoms with Gasteiger partial charge in [-0.25, -0.2) is 0 Å². The smallest absolute Gasteiger partial charge is 0.255 e. The maximum atomic E-state index is 13.2. The molecule has 4 rings (SSSR count). The maximum Gasteiger partial charge on any atom is 0.255 e. The summed E-state index contributed by atoms with van der Waals surface area (Å²) in [5.41, 5.74) is 12.7. The summed E-state index contributed by atoms with van der Waals surface area (Å²) in [6.07, 6.45) is 5.53. The average Bonchev–Trinajstić information content (AvgIpc) is 2.84. The van der Waals surface area contributed by atoms with Crippen LogP contribution in [0.3, 0.4) is 0 Å². The van der Waals surface area contributed by atoms with E-state index in [0.717, 1.165) is 31.5 Å². The highest BCUT2D eigenvalue weighted by Crippen LogP contribution is 2.32. The fraction of sp³-hybridized carbons (Fsp3) is 0.333. The zero-order valence-electron chi connectivity index (χ0n) is 18.4. The highest BCUT2D eigenvalue weighted by Gasteiger charge is 2.26. The molecule has 1 unspecified atom stereocenters. The molecule has 2 heterocycles. The van der Waals surface area contributed by atoms with Crippen molar-refractivity contribution in [2.75, 3.05) is 13.1 Å². The van der Waals surface area contributed by atoms with Gasteiger partial charge in [-0.1, -0.05) is 55.5 Å². The molecule has 2 aromatic carbocycles. The Labute approximate surface area is 185 Å². The summed E-state index contributed by atoms with van der Waals surface area (Å²) in [6, 6.07) is 18.9. The van der Waals surface area contributed by atoms with Gasteiger partial charge < -0.3 is 10.6 Å². The van der Waals surface area contributed by atoms with E-state index in [4.69, 9.17) is 5.73 Å². The fourth-order valence-corrected chi connectivity index (χ4v) is 4.58. The van der Waals surface area contributed by atoms with Gasteiger partial charge >= 0.3 is 0 Å². The summed E-state index contributed by atoms with van der Waals surface area (Å²) in [7, 11) is 0. The summed E-state index contributed by atoms with van der Waals surface area (Å²) >= 11 is 0. The molecule has 0 radical (unpaired) electrons. The second kappa shape index (κ2) is 9.44. The topological polar surface area (TPSA) is 59.2 Å². The molecule has 1 aromatic heterocycles. The first-order valence-electron chi connectivity index (χ1n) is 11.2. The van der Waals surface area contributed by atoms with Crippen molar-refractivity contribution in [2.24, 2.45) is 5.73 Å². The third kappa shape index (κ3) is 4.70. The molecule has 160 valence electrons. The molecular formula is C27H31N3O. The predicted molar refractivity (Wildman–Crippen MR) is 125 cm³/mol. The number of pyridine rings is 1. The van der Waals surface area contributed by atoms with E-state index in [0.29, 0.717) is 18.0 Å². The molecular weight excluding hydrogens is 382 g/mol. The molecule has 0 saturated carbocycles. The molecule has 4 nitrogen and oxygen atoms in total. The Bertz CT molecular complexity index is 1040. The van der Waals surface area contributed by atoms with Crippen LogP contribution in [0.2, 0.25) is 0 Å². The standard InChI is InChI=1S/C27H31N3O/c1-19-8-9-21(16-28)14-26(19)23-10-12-30(13-11-23)27(31)25-15-24(17-29-18-25)20(2)22-6-4-3-5-7-22/h3-9,14-15,17-18,20,23H,10-13,16,28H2,1-2H3. The van der Waals surface area contributed by atoms with Crippen LogP contribution in [0.4, 0.5) is 0 Å². The zero-order valence-corrected chi connectivity index (χ0v) is 18.4. The predicted octanol–water partition coefficient (Wildman–Crippen LogP) is 5.02. The van der Waals surface area contributed by atoms with Crippen molar-refractivity contribution in [3.8, 4) is 0 Å². The number of benzene rings is 2. The van der Waals surface area contributed by atoms with E-state index in [1.807, 2.05) is 35.4 Å². The van der Waals surface area contributed by atoms with Crippen LogP contribution in [0.25, 0.3) is 0 Å². The first kappa shape index (κ1) is 21.3. The zero-order chi connectivity index (χ0) is 21.8. The number of carbonyl (C=O) groups excluding carboxylic acids is 1. The summed E-state index contributed by atoms with van der Waals surface area (Å²) in [5.74, 6) is 0.767. The van der Waals surface area contributed by atoms with E-state index >= 15 is 0 Å². The number of amides is 1. The second-order valence-corrected chi connectivity index (χ2v) is 8.60. The number of hydrogen-bond acceptors (Lipinski definition) is 3. The van der Waals surface area contributed by atoms with Gasteiger partial charge in [0, 0.05) is 37.9 Å². The van der Waals surface area contributed by atoms with Crippen LogP contribution in [0, 0.1) is 6.92 Å². The number of piperidine rings is 1. The van der Waals surface area contributed by atoms with Crippen LogP contribution in [0.1, 0.15) is 69.8 Å². The monoisotopic (exact) mass is 413 g/mol. The number of hydrogen-bond donors (Lipinski definition) is 1. The quantitative estimate of drug-likeness (QED) is 0.639. The van der Waals surface area contributed by atoms with Gasteiger partial charge in [-0.2, -0.15) is 0 Å². The normalized spacial score (nSPS) is 15.6. The van der Waals surface area contributed by atoms with Crippen molar-refractivity contribution in [1.82, 2.24) is 9.88 Å². The molecule has 31 heavy (non-hydrogen) atoms. The molecule has 1 fully saturated rings. The van der Waals surface area contributed by atoms with Gasteiger partial charge in [-0.15, -0.1) is 0 Å². The lowest BCUT2D eigenvalue weighted by Gasteiger charge is -2.33. The minimum atomic E-state index is 0.0838. The van der Waals surface area contributed by atoms with Crippen LogP contribution in [-0.2, 0) is 6.54 Å². The Kier molecular flexibility index (Phi) is 6.47. The van der Waals surface area contributed by atoms with Gasteiger partial charge in [0.15, 0.2) is 0 Å². The largest absolute Gasteiger partial charge is 0.339 e. The van der Waals surface area contributed by atoms with Gasteiger partial charge in [-0.05, 0) is 59.6 Å². The molecule has 1 aliphatic rings. The number of aromatic nitrogens is 1. The lowest BCUT2D eigenvalue weighted by atomic mass is 9.85. The first-order valence-corrected chi connectivity index (χ1v) is 11.2. The van der Waals surface area contributed by atoms with Crippen LogP contribution in [-0.4, -0.2) is 28.9 Å². The van der Waals surface area contributed by atoms with Crippen molar-refractivity contribution in [3.63, 3.8) is 0 Å². The molecule has 4 heteroatoms. The summed E-state index contributed by atoms with van der Waals surface area (Å²) in [4.78, 5) is 19.6. The molecule has 1 aliphatic heterocycles. The second-order valence-electron chi connectivity index (χ2n) is 8.60. The molecule has 0 bridgehead atoms. The van der Waals surface area contributed by atoms with Crippen LogP contribution < -0.4 is 5.73 Å². The highest BCUT2D eigenvalue weighted by molar-refractivity contribution is 5.94. The number of carbonyl (C=O) groups is 1. The first-order chi connectivity index (χ1) is 15.1. The maximum absolute atomic E-state index is 13.2. The third-order valence-corrected chi connectivity index (χ3v) is 6.61. The van der Waals surface area contributed by atoms with Crippen LogP contribution in [0.15, 0.2) is 67.0 Å². The number of aryl methyl sites for hydroxylation is 1. The van der Waals surface area contributed by atoms with Crippen molar-refractivity contribution in [3.05, 3.63) is 100 Å². The molecule has 2 N–H and O–H groups in total. The summed E-state index contributed by atoms with van der Waals surface area (Å²) in [6.45, 7) is 6.43. The van der Waals surface area contributed by atoms with E-state index < -0.39 is 0 Å². The number of nitrogens with two attached hydrogens (primary N) is 1. The van der Waals surface area contributed by atoms with Gasteiger partial charge in [0.2, 0.25) is 0 Å².